The lowest BCUT2D eigenvalue weighted by molar-refractivity contribution is -0.0298. The maximum absolute atomic E-state index is 6.20. The van der Waals surface area contributed by atoms with Crippen molar-refractivity contribution in [2.75, 3.05) is 13.7 Å². The van der Waals surface area contributed by atoms with Gasteiger partial charge in [-0.3, -0.25) is 0 Å². The van der Waals surface area contributed by atoms with Crippen molar-refractivity contribution in [1.82, 2.24) is 0 Å². The van der Waals surface area contributed by atoms with E-state index in [0.29, 0.717) is 6.61 Å². The van der Waals surface area contributed by atoms with Crippen LogP contribution in [-0.4, -0.2) is 19.3 Å². The van der Waals surface area contributed by atoms with Gasteiger partial charge in [-0.15, -0.1) is 0 Å². The Hall–Kier alpha value is -1.06. The Balaban J connectivity index is 2.90. The molecule has 0 aliphatic heterocycles. The Kier molecular flexibility index (Phi) is 4.33. The van der Waals surface area contributed by atoms with Crippen molar-refractivity contribution in [3.8, 4) is 5.75 Å². The van der Waals surface area contributed by atoms with Gasteiger partial charge in [0.2, 0.25) is 0 Å². The minimum atomic E-state index is -0.374. The molecule has 90 valence electrons. The third-order valence-electron chi connectivity index (χ3n) is 2.72. The lowest BCUT2D eigenvalue weighted by Gasteiger charge is -2.31. The van der Waals surface area contributed by atoms with Crippen LogP contribution in [0.5, 0.6) is 5.75 Å². The molecule has 0 saturated carbocycles. The molecular formula is C13H21NO2. The number of methoxy groups -OCH3 is 1. The van der Waals surface area contributed by atoms with Gasteiger partial charge in [0.25, 0.3) is 0 Å². The van der Waals surface area contributed by atoms with E-state index < -0.39 is 0 Å². The summed E-state index contributed by atoms with van der Waals surface area (Å²) in [5.74, 6) is 0.820. The summed E-state index contributed by atoms with van der Waals surface area (Å²) < 4.78 is 10.8. The summed E-state index contributed by atoms with van der Waals surface area (Å²) in [5, 5.41) is 0. The van der Waals surface area contributed by atoms with Crippen molar-refractivity contribution in [1.29, 1.82) is 0 Å². The first-order valence-corrected chi connectivity index (χ1v) is 5.54. The Morgan fingerprint density at radius 1 is 1.38 bits per heavy atom. The van der Waals surface area contributed by atoms with Crippen molar-refractivity contribution in [2.45, 2.75) is 32.4 Å². The molecule has 1 unspecified atom stereocenters. The van der Waals surface area contributed by atoms with Crippen LogP contribution in [0.15, 0.2) is 24.3 Å². The van der Waals surface area contributed by atoms with Crippen molar-refractivity contribution < 1.29 is 9.47 Å². The van der Waals surface area contributed by atoms with Gasteiger partial charge in [0, 0.05) is 6.61 Å². The molecule has 0 saturated heterocycles. The van der Waals surface area contributed by atoms with Crippen molar-refractivity contribution >= 4 is 0 Å². The molecule has 16 heavy (non-hydrogen) atoms. The maximum atomic E-state index is 6.20. The number of nitrogens with two attached hydrogens (primary N) is 1. The Bertz CT molecular complexity index is 336. The van der Waals surface area contributed by atoms with E-state index in [9.17, 15) is 0 Å². The van der Waals surface area contributed by atoms with Crippen LogP contribution in [0.2, 0.25) is 0 Å². The quantitative estimate of drug-likeness (QED) is 0.834. The molecule has 1 atom stereocenters. The molecule has 2 N–H and O–H groups in total. The summed E-state index contributed by atoms with van der Waals surface area (Å²) in [5.41, 5.74) is 6.85. The predicted octanol–water partition coefficient (Wildman–Crippen LogP) is 2.51. The summed E-state index contributed by atoms with van der Waals surface area (Å²) in [6.45, 7) is 6.63. The number of hydrogen-bond donors (Lipinski definition) is 1. The first-order valence-electron chi connectivity index (χ1n) is 5.54. The molecule has 0 aliphatic rings. The Morgan fingerprint density at radius 3 is 2.62 bits per heavy atom. The molecule has 0 bridgehead atoms. The number of ether oxygens (including phenoxy) is 2. The summed E-state index contributed by atoms with van der Waals surface area (Å²) in [7, 11) is 1.65. The standard InChI is InChI=1S/C13H21NO2/c1-5-16-13(2,3)12(14)10-7-6-8-11(9-10)15-4/h6-9,12H,5,14H2,1-4H3. The summed E-state index contributed by atoms with van der Waals surface area (Å²) >= 11 is 0. The molecular weight excluding hydrogens is 202 g/mol. The molecule has 0 aromatic heterocycles. The van der Waals surface area contributed by atoms with Crippen LogP contribution in [-0.2, 0) is 4.74 Å². The fourth-order valence-electron chi connectivity index (χ4n) is 1.70. The summed E-state index contributed by atoms with van der Waals surface area (Å²) in [4.78, 5) is 0. The molecule has 3 nitrogen and oxygen atoms in total. The third-order valence-corrected chi connectivity index (χ3v) is 2.72. The van der Waals surface area contributed by atoms with Gasteiger partial charge < -0.3 is 15.2 Å². The Morgan fingerprint density at radius 2 is 2.06 bits per heavy atom. The average Bonchev–Trinajstić information content (AvgIpc) is 2.28. The van der Waals surface area contributed by atoms with Crippen LogP contribution < -0.4 is 10.5 Å². The van der Waals surface area contributed by atoms with Gasteiger partial charge in [0.15, 0.2) is 0 Å². The van der Waals surface area contributed by atoms with Gasteiger partial charge in [-0.25, -0.2) is 0 Å². The second-order valence-electron chi connectivity index (χ2n) is 4.29. The molecule has 0 aliphatic carbocycles. The molecule has 3 heteroatoms. The van der Waals surface area contributed by atoms with Gasteiger partial charge in [0.1, 0.15) is 5.75 Å². The largest absolute Gasteiger partial charge is 0.497 e. The highest BCUT2D eigenvalue weighted by Crippen LogP contribution is 2.28. The summed E-state index contributed by atoms with van der Waals surface area (Å²) in [6, 6.07) is 7.63. The van der Waals surface area contributed by atoms with Crippen LogP contribution in [0.3, 0.4) is 0 Å². The first kappa shape index (κ1) is 13.0. The monoisotopic (exact) mass is 223 g/mol. The highest BCUT2D eigenvalue weighted by atomic mass is 16.5. The highest BCUT2D eigenvalue weighted by Gasteiger charge is 2.28. The number of benzene rings is 1. The van der Waals surface area contributed by atoms with E-state index in [4.69, 9.17) is 15.2 Å². The molecule has 1 rings (SSSR count). The highest BCUT2D eigenvalue weighted by molar-refractivity contribution is 5.31. The minimum absolute atomic E-state index is 0.164. The zero-order valence-electron chi connectivity index (χ0n) is 10.5. The van der Waals surface area contributed by atoms with Gasteiger partial charge in [-0.05, 0) is 38.5 Å². The molecule has 1 aromatic rings. The molecule has 0 amide bonds. The topological polar surface area (TPSA) is 44.5 Å². The van der Waals surface area contributed by atoms with Gasteiger partial charge in [-0.1, -0.05) is 12.1 Å². The van der Waals surface area contributed by atoms with Crippen LogP contribution in [0.1, 0.15) is 32.4 Å². The predicted molar refractivity (Wildman–Crippen MR) is 65.6 cm³/mol. The second-order valence-corrected chi connectivity index (χ2v) is 4.29. The van der Waals surface area contributed by atoms with Crippen LogP contribution >= 0.6 is 0 Å². The van der Waals surface area contributed by atoms with Crippen molar-refractivity contribution in [3.05, 3.63) is 29.8 Å². The number of hydrogen-bond acceptors (Lipinski definition) is 3. The first-order chi connectivity index (χ1) is 7.51. The van der Waals surface area contributed by atoms with E-state index in [-0.39, 0.29) is 11.6 Å². The smallest absolute Gasteiger partial charge is 0.119 e. The van der Waals surface area contributed by atoms with E-state index in [1.54, 1.807) is 7.11 Å². The van der Waals surface area contributed by atoms with Crippen LogP contribution in [0, 0.1) is 0 Å². The van der Waals surface area contributed by atoms with Gasteiger partial charge in [0.05, 0.1) is 18.8 Å². The average molecular weight is 223 g/mol. The van der Waals surface area contributed by atoms with E-state index in [1.165, 1.54) is 0 Å². The minimum Gasteiger partial charge on any atom is -0.497 e. The number of rotatable bonds is 5. The lowest BCUT2D eigenvalue weighted by Crippen LogP contribution is -2.38. The SMILES string of the molecule is CCOC(C)(C)C(N)c1cccc(OC)c1. The zero-order valence-corrected chi connectivity index (χ0v) is 10.5. The normalized spacial score (nSPS) is 13.6. The second kappa shape index (κ2) is 5.32. The third kappa shape index (κ3) is 2.97. The molecule has 0 heterocycles. The molecule has 1 aromatic carbocycles. The van der Waals surface area contributed by atoms with Crippen molar-refractivity contribution in [2.24, 2.45) is 5.73 Å². The van der Waals surface area contributed by atoms with E-state index >= 15 is 0 Å². The van der Waals surface area contributed by atoms with Crippen LogP contribution in [0.25, 0.3) is 0 Å². The molecule has 0 fully saturated rings. The summed E-state index contributed by atoms with van der Waals surface area (Å²) in [6.07, 6.45) is 0. The lowest BCUT2D eigenvalue weighted by atomic mass is 9.92. The molecule has 0 spiro atoms. The van der Waals surface area contributed by atoms with Gasteiger partial charge >= 0.3 is 0 Å². The zero-order chi connectivity index (χ0) is 12.2. The maximum Gasteiger partial charge on any atom is 0.119 e. The Labute approximate surface area is 97.6 Å². The molecule has 0 radical (unpaired) electrons. The van der Waals surface area contributed by atoms with Crippen LogP contribution in [0.4, 0.5) is 0 Å². The van der Waals surface area contributed by atoms with E-state index in [1.807, 2.05) is 45.0 Å². The fourth-order valence-corrected chi connectivity index (χ4v) is 1.70. The van der Waals surface area contributed by atoms with E-state index in [0.717, 1.165) is 11.3 Å². The fraction of sp³-hybridized carbons (Fsp3) is 0.538. The van der Waals surface area contributed by atoms with Gasteiger partial charge in [-0.2, -0.15) is 0 Å². The van der Waals surface area contributed by atoms with E-state index in [2.05, 4.69) is 0 Å². The van der Waals surface area contributed by atoms with Crippen molar-refractivity contribution in [3.63, 3.8) is 0 Å².